The Morgan fingerprint density at radius 2 is 2.00 bits per heavy atom. The number of aromatic nitrogens is 1. The zero-order valence-electron chi connectivity index (χ0n) is 11.5. The van der Waals surface area contributed by atoms with Crippen molar-refractivity contribution in [3.63, 3.8) is 0 Å². The van der Waals surface area contributed by atoms with Crippen LogP contribution in [-0.2, 0) is 16.4 Å². The first kappa shape index (κ1) is 15.4. The summed E-state index contributed by atoms with van der Waals surface area (Å²) in [5, 5.41) is 9.42. The number of pyridine rings is 1. The molecule has 1 aromatic rings. The Morgan fingerprint density at radius 3 is 2.65 bits per heavy atom. The number of nitrogens with zero attached hydrogens (tertiary/aromatic N) is 1. The first-order chi connectivity index (χ1) is 9.55. The fourth-order valence-electron chi connectivity index (χ4n) is 2.45. The minimum absolute atomic E-state index is 0.0688. The monoisotopic (exact) mass is 298 g/mol. The predicted octanol–water partition coefficient (Wildman–Crippen LogP) is 1.09. The highest BCUT2D eigenvalue weighted by atomic mass is 32.2. The fraction of sp³-hybridized carbons (Fsp3) is 0.643. The number of aryl methyl sites for hydroxylation is 1. The van der Waals surface area contributed by atoms with Crippen LogP contribution in [-0.4, -0.2) is 36.9 Å². The summed E-state index contributed by atoms with van der Waals surface area (Å²) in [7, 11) is -3.25. The standard InChI is InChI=1S/C14H22N2O3S/c17-14-6-4-12(5-7-14)11-16-20(18,19)10-8-13-3-1-2-9-15-13/h1-3,9,12,14,16-17H,4-8,10-11H2. The maximum atomic E-state index is 11.9. The molecule has 20 heavy (non-hydrogen) atoms. The summed E-state index contributed by atoms with van der Waals surface area (Å²) in [6.07, 6.45) is 5.24. The molecule has 0 radical (unpaired) electrons. The van der Waals surface area contributed by atoms with E-state index in [1.807, 2.05) is 18.2 Å². The van der Waals surface area contributed by atoms with Crippen LogP contribution >= 0.6 is 0 Å². The number of hydrogen-bond acceptors (Lipinski definition) is 4. The molecule has 2 N–H and O–H groups in total. The molecule has 0 saturated heterocycles. The van der Waals surface area contributed by atoms with Crippen molar-refractivity contribution >= 4 is 10.0 Å². The van der Waals surface area contributed by atoms with Gasteiger partial charge in [-0.2, -0.15) is 0 Å². The first-order valence-electron chi connectivity index (χ1n) is 7.10. The number of sulfonamides is 1. The minimum atomic E-state index is -3.25. The molecule has 6 heteroatoms. The van der Waals surface area contributed by atoms with Gasteiger partial charge in [0.25, 0.3) is 0 Å². The molecule has 0 atom stereocenters. The van der Waals surface area contributed by atoms with E-state index in [-0.39, 0.29) is 11.9 Å². The summed E-state index contributed by atoms with van der Waals surface area (Å²) in [6.45, 7) is 0.483. The second-order valence-corrected chi connectivity index (χ2v) is 7.34. The predicted molar refractivity (Wildman–Crippen MR) is 77.7 cm³/mol. The van der Waals surface area contributed by atoms with Crippen molar-refractivity contribution < 1.29 is 13.5 Å². The maximum Gasteiger partial charge on any atom is 0.211 e. The SMILES string of the molecule is O=S(=O)(CCc1ccccn1)NCC1CCC(O)CC1. The van der Waals surface area contributed by atoms with E-state index in [2.05, 4.69) is 9.71 Å². The Labute approximate surface area is 120 Å². The number of aliphatic hydroxyl groups excluding tert-OH is 1. The van der Waals surface area contributed by atoms with Gasteiger partial charge in [-0.25, -0.2) is 13.1 Å². The molecule has 112 valence electrons. The lowest BCUT2D eigenvalue weighted by atomic mass is 9.88. The topological polar surface area (TPSA) is 79.3 Å². The number of rotatable bonds is 6. The van der Waals surface area contributed by atoms with Crippen LogP contribution in [0, 0.1) is 5.92 Å². The smallest absolute Gasteiger partial charge is 0.211 e. The summed E-state index contributed by atoms with van der Waals surface area (Å²) in [6, 6.07) is 5.50. The van der Waals surface area contributed by atoms with Gasteiger partial charge in [0.05, 0.1) is 11.9 Å². The molecule has 0 aromatic carbocycles. The van der Waals surface area contributed by atoms with E-state index in [0.29, 0.717) is 18.9 Å². The summed E-state index contributed by atoms with van der Waals surface area (Å²) >= 11 is 0. The summed E-state index contributed by atoms with van der Waals surface area (Å²) in [5.74, 6) is 0.419. The molecule has 1 aliphatic carbocycles. The quantitative estimate of drug-likeness (QED) is 0.824. The lowest BCUT2D eigenvalue weighted by Crippen LogP contribution is -2.34. The highest BCUT2D eigenvalue weighted by molar-refractivity contribution is 7.89. The Bertz CT molecular complexity index is 496. The normalized spacial score (nSPS) is 23.6. The zero-order chi connectivity index (χ0) is 14.4. The fourth-order valence-corrected chi connectivity index (χ4v) is 3.56. The minimum Gasteiger partial charge on any atom is -0.393 e. The third kappa shape index (κ3) is 5.19. The van der Waals surface area contributed by atoms with E-state index in [9.17, 15) is 13.5 Å². The van der Waals surface area contributed by atoms with Gasteiger partial charge in [0, 0.05) is 24.9 Å². The molecule has 0 bridgehead atoms. The van der Waals surface area contributed by atoms with Crippen LogP contribution < -0.4 is 4.72 Å². The molecule has 1 saturated carbocycles. The summed E-state index contributed by atoms with van der Waals surface area (Å²) in [5.41, 5.74) is 0.790. The van der Waals surface area contributed by atoms with Gasteiger partial charge in [0.15, 0.2) is 0 Å². The Balaban J connectivity index is 1.74. The van der Waals surface area contributed by atoms with E-state index in [1.165, 1.54) is 0 Å². The molecule has 1 aliphatic rings. The van der Waals surface area contributed by atoms with Gasteiger partial charge in [0.1, 0.15) is 0 Å². The second kappa shape index (κ2) is 7.15. The van der Waals surface area contributed by atoms with E-state index in [0.717, 1.165) is 31.4 Å². The molecule has 1 aromatic heterocycles. The molecule has 1 fully saturated rings. The highest BCUT2D eigenvalue weighted by Crippen LogP contribution is 2.23. The van der Waals surface area contributed by atoms with E-state index in [1.54, 1.807) is 6.20 Å². The van der Waals surface area contributed by atoms with Crippen LogP contribution in [0.15, 0.2) is 24.4 Å². The summed E-state index contributed by atoms with van der Waals surface area (Å²) in [4.78, 5) is 4.12. The van der Waals surface area contributed by atoms with Gasteiger partial charge in [0.2, 0.25) is 10.0 Å². The average Bonchev–Trinajstić information content (AvgIpc) is 2.46. The average molecular weight is 298 g/mol. The van der Waals surface area contributed by atoms with Crippen molar-refractivity contribution in [3.05, 3.63) is 30.1 Å². The van der Waals surface area contributed by atoms with Crippen LogP contribution in [0.25, 0.3) is 0 Å². The largest absolute Gasteiger partial charge is 0.393 e. The van der Waals surface area contributed by atoms with E-state index >= 15 is 0 Å². The van der Waals surface area contributed by atoms with Crippen LogP contribution in [0.3, 0.4) is 0 Å². The molecule has 5 nitrogen and oxygen atoms in total. The van der Waals surface area contributed by atoms with E-state index in [4.69, 9.17) is 0 Å². The second-order valence-electron chi connectivity index (χ2n) is 5.41. The number of hydrogen-bond donors (Lipinski definition) is 2. The third-order valence-corrected chi connectivity index (χ3v) is 5.11. The third-order valence-electron chi connectivity index (χ3n) is 3.76. The Kier molecular flexibility index (Phi) is 5.51. The molecule has 0 unspecified atom stereocenters. The van der Waals surface area contributed by atoms with Gasteiger partial charge >= 0.3 is 0 Å². The maximum absolute atomic E-state index is 11.9. The zero-order valence-corrected chi connectivity index (χ0v) is 12.3. The van der Waals surface area contributed by atoms with Gasteiger partial charge < -0.3 is 5.11 Å². The van der Waals surface area contributed by atoms with Gasteiger partial charge in [-0.1, -0.05) is 6.07 Å². The molecule has 0 amide bonds. The van der Waals surface area contributed by atoms with Gasteiger partial charge in [-0.15, -0.1) is 0 Å². The van der Waals surface area contributed by atoms with Crippen molar-refractivity contribution in [1.82, 2.24) is 9.71 Å². The van der Waals surface area contributed by atoms with Crippen molar-refractivity contribution in [3.8, 4) is 0 Å². The molecule has 0 aliphatic heterocycles. The molecule has 2 rings (SSSR count). The lowest BCUT2D eigenvalue weighted by molar-refractivity contribution is 0.109. The molecule has 1 heterocycles. The lowest BCUT2D eigenvalue weighted by Gasteiger charge is -2.25. The van der Waals surface area contributed by atoms with Gasteiger partial charge in [-0.05, 0) is 43.7 Å². The van der Waals surface area contributed by atoms with Crippen LogP contribution in [0.5, 0.6) is 0 Å². The highest BCUT2D eigenvalue weighted by Gasteiger charge is 2.21. The van der Waals surface area contributed by atoms with Crippen molar-refractivity contribution in [2.45, 2.75) is 38.2 Å². The first-order valence-corrected chi connectivity index (χ1v) is 8.76. The van der Waals surface area contributed by atoms with Crippen molar-refractivity contribution in [2.24, 2.45) is 5.92 Å². The number of nitrogens with one attached hydrogen (secondary N) is 1. The Morgan fingerprint density at radius 1 is 1.25 bits per heavy atom. The van der Waals surface area contributed by atoms with Crippen molar-refractivity contribution in [2.75, 3.05) is 12.3 Å². The van der Waals surface area contributed by atoms with Crippen molar-refractivity contribution in [1.29, 1.82) is 0 Å². The Hall–Kier alpha value is -0.980. The van der Waals surface area contributed by atoms with Crippen LogP contribution in [0.4, 0.5) is 0 Å². The number of aliphatic hydroxyl groups is 1. The van der Waals surface area contributed by atoms with Gasteiger partial charge in [-0.3, -0.25) is 4.98 Å². The van der Waals surface area contributed by atoms with Crippen LogP contribution in [0.2, 0.25) is 0 Å². The molecular formula is C14H22N2O3S. The molecular weight excluding hydrogens is 276 g/mol. The summed E-state index contributed by atoms with van der Waals surface area (Å²) < 4.78 is 26.5. The molecule has 0 spiro atoms. The van der Waals surface area contributed by atoms with Crippen LogP contribution in [0.1, 0.15) is 31.4 Å². The van der Waals surface area contributed by atoms with E-state index < -0.39 is 10.0 Å².